The van der Waals surface area contributed by atoms with Crippen LogP contribution in [0, 0.1) is 0 Å². The van der Waals surface area contributed by atoms with Gasteiger partial charge in [0.2, 0.25) is 0 Å². The maximum Gasteiger partial charge on any atom is 0.269 e. The Morgan fingerprint density at radius 3 is 2.55 bits per heavy atom. The molecule has 0 unspecified atom stereocenters. The molecule has 0 aromatic carbocycles. The van der Waals surface area contributed by atoms with Gasteiger partial charge in [-0.25, -0.2) is 8.78 Å². The molecule has 0 spiro atoms. The van der Waals surface area contributed by atoms with Crippen molar-refractivity contribution in [1.82, 2.24) is 4.98 Å². The van der Waals surface area contributed by atoms with Gasteiger partial charge in [0.1, 0.15) is 0 Å². The molecule has 1 heterocycles. The van der Waals surface area contributed by atoms with Gasteiger partial charge in [0.25, 0.3) is 12.0 Å². The van der Waals surface area contributed by atoms with Gasteiger partial charge < -0.3 is 4.98 Å². The zero-order valence-electron chi connectivity index (χ0n) is 5.27. The molecule has 0 atom stereocenters. The van der Waals surface area contributed by atoms with Crippen molar-refractivity contribution in [3.8, 4) is 0 Å². The Kier molecular flexibility index (Phi) is 2.38. The van der Waals surface area contributed by atoms with E-state index in [1.807, 2.05) is 0 Å². The predicted octanol–water partition coefficient (Wildman–Crippen LogP) is 2.08. The summed E-state index contributed by atoms with van der Waals surface area (Å²) in [4.78, 5) is 12.9. The molecule has 0 amide bonds. The molecule has 0 bridgehead atoms. The van der Waals surface area contributed by atoms with Crippen molar-refractivity contribution < 1.29 is 8.78 Å². The number of nitrogens with one attached hydrogen (secondary N) is 1. The fourth-order valence-electron chi connectivity index (χ4n) is 0.633. The third-order valence-electron chi connectivity index (χ3n) is 1.14. The van der Waals surface area contributed by atoms with Gasteiger partial charge in [-0.05, 0) is 28.1 Å². The summed E-state index contributed by atoms with van der Waals surface area (Å²) in [6.07, 6.45) is -2.72. The summed E-state index contributed by atoms with van der Waals surface area (Å²) in [6.45, 7) is 0. The van der Waals surface area contributed by atoms with E-state index in [0.29, 0.717) is 4.60 Å². The number of H-pyrrole nitrogens is 1. The minimum atomic E-state index is -2.72. The highest BCUT2D eigenvalue weighted by atomic mass is 79.9. The SMILES string of the molecule is O=c1[nH]c(Br)ccc1C(F)F. The topological polar surface area (TPSA) is 32.9 Å². The van der Waals surface area contributed by atoms with Crippen LogP contribution in [0.25, 0.3) is 0 Å². The van der Waals surface area contributed by atoms with Gasteiger partial charge in [0.05, 0.1) is 10.2 Å². The van der Waals surface area contributed by atoms with Crippen molar-refractivity contribution in [3.05, 3.63) is 32.7 Å². The molecule has 1 N–H and O–H groups in total. The average molecular weight is 224 g/mol. The fraction of sp³-hybridized carbons (Fsp3) is 0.167. The van der Waals surface area contributed by atoms with Gasteiger partial charge in [-0.3, -0.25) is 4.79 Å². The van der Waals surface area contributed by atoms with Crippen LogP contribution in [0.4, 0.5) is 8.78 Å². The standard InChI is InChI=1S/C6H4BrF2NO/c7-4-2-1-3(5(8)9)6(11)10-4/h1-2,5H,(H,10,11). The summed E-state index contributed by atoms with van der Waals surface area (Å²) in [6, 6.07) is 2.45. The van der Waals surface area contributed by atoms with E-state index in [0.717, 1.165) is 6.07 Å². The maximum absolute atomic E-state index is 11.9. The van der Waals surface area contributed by atoms with Gasteiger partial charge in [-0.15, -0.1) is 0 Å². The number of rotatable bonds is 1. The number of hydrogen-bond acceptors (Lipinski definition) is 1. The second-order valence-electron chi connectivity index (χ2n) is 1.89. The molecule has 0 aliphatic heterocycles. The minimum absolute atomic E-state index is 0.395. The van der Waals surface area contributed by atoms with Crippen LogP contribution in [0.1, 0.15) is 12.0 Å². The van der Waals surface area contributed by atoms with Crippen molar-refractivity contribution in [3.63, 3.8) is 0 Å². The lowest BCUT2D eigenvalue weighted by molar-refractivity contribution is 0.149. The molecule has 0 fully saturated rings. The first kappa shape index (κ1) is 8.39. The Balaban J connectivity index is 3.21. The lowest BCUT2D eigenvalue weighted by Gasteiger charge is -1.96. The molecule has 60 valence electrons. The Bertz CT molecular complexity index is 310. The Morgan fingerprint density at radius 1 is 1.45 bits per heavy atom. The van der Waals surface area contributed by atoms with Crippen LogP contribution in [0.5, 0.6) is 0 Å². The first-order valence-corrected chi connectivity index (χ1v) is 3.57. The zero-order valence-corrected chi connectivity index (χ0v) is 6.86. The predicted molar refractivity (Wildman–Crippen MR) is 39.7 cm³/mol. The van der Waals surface area contributed by atoms with E-state index in [9.17, 15) is 13.6 Å². The van der Waals surface area contributed by atoms with Gasteiger partial charge in [0, 0.05) is 0 Å². The minimum Gasteiger partial charge on any atom is -0.316 e. The number of aromatic amines is 1. The fourth-order valence-corrected chi connectivity index (χ4v) is 0.945. The van der Waals surface area contributed by atoms with Crippen molar-refractivity contribution in [2.45, 2.75) is 6.43 Å². The zero-order chi connectivity index (χ0) is 8.43. The Morgan fingerprint density at radius 2 is 2.09 bits per heavy atom. The van der Waals surface area contributed by atoms with Gasteiger partial charge >= 0.3 is 0 Å². The molecule has 0 radical (unpaired) electrons. The van der Waals surface area contributed by atoms with Crippen LogP contribution in [0.3, 0.4) is 0 Å². The molecular weight excluding hydrogens is 220 g/mol. The molecule has 0 aliphatic carbocycles. The smallest absolute Gasteiger partial charge is 0.269 e. The van der Waals surface area contributed by atoms with E-state index in [2.05, 4.69) is 20.9 Å². The molecule has 1 aromatic heterocycles. The first-order valence-electron chi connectivity index (χ1n) is 2.78. The summed E-state index contributed by atoms with van der Waals surface area (Å²) in [5, 5.41) is 0. The van der Waals surface area contributed by atoms with E-state index in [4.69, 9.17) is 0 Å². The second-order valence-corrected chi connectivity index (χ2v) is 2.75. The monoisotopic (exact) mass is 223 g/mol. The highest BCUT2D eigenvalue weighted by Gasteiger charge is 2.10. The lowest BCUT2D eigenvalue weighted by Crippen LogP contribution is -2.11. The van der Waals surface area contributed by atoms with Crippen molar-refractivity contribution in [2.75, 3.05) is 0 Å². The summed E-state index contributed by atoms with van der Waals surface area (Å²) < 4.78 is 24.2. The normalized spacial score (nSPS) is 10.5. The lowest BCUT2D eigenvalue weighted by atomic mass is 10.3. The summed E-state index contributed by atoms with van der Waals surface area (Å²) in [5.41, 5.74) is -1.26. The number of pyridine rings is 1. The van der Waals surface area contributed by atoms with Crippen LogP contribution >= 0.6 is 15.9 Å². The number of hydrogen-bond donors (Lipinski definition) is 1. The number of aromatic nitrogens is 1. The van der Waals surface area contributed by atoms with Gasteiger partial charge in [-0.1, -0.05) is 0 Å². The highest BCUT2D eigenvalue weighted by Crippen LogP contribution is 2.14. The molecule has 1 rings (SSSR count). The Labute approximate surface area is 69.4 Å². The summed E-state index contributed by atoms with van der Waals surface area (Å²) in [7, 11) is 0. The summed E-state index contributed by atoms with van der Waals surface area (Å²) in [5.74, 6) is 0. The van der Waals surface area contributed by atoms with Gasteiger partial charge in [0.15, 0.2) is 0 Å². The quantitative estimate of drug-likeness (QED) is 0.727. The maximum atomic E-state index is 11.9. The molecule has 2 nitrogen and oxygen atoms in total. The highest BCUT2D eigenvalue weighted by molar-refractivity contribution is 9.10. The molecule has 5 heteroatoms. The number of halogens is 3. The van der Waals surface area contributed by atoms with E-state index in [1.165, 1.54) is 6.07 Å². The molecule has 0 aliphatic rings. The van der Waals surface area contributed by atoms with E-state index in [-0.39, 0.29) is 0 Å². The van der Waals surface area contributed by atoms with Crippen molar-refractivity contribution in [1.29, 1.82) is 0 Å². The second kappa shape index (κ2) is 3.13. The third-order valence-corrected chi connectivity index (χ3v) is 1.60. The third kappa shape index (κ3) is 1.86. The van der Waals surface area contributed by atoms with Crippen LogP contribution in [0.15, 0.2) is 21.5 Å². The van der Waals surface area contributed by atoms with E-state index >= 15 is 0 Å². The largest absolute Gasteiger partial charge is 0.316 e. The first-order chi connectivity index (χ1) is 5.11. The van der Waals surface area contributed by atoms with Crippen LogP contribution in [-0.2, 0) is 0 Å². The van der Waals surface area contributed by atoms with Crippen LogP contribution in [0.2, 0.25) is 0 Å². The average Bonchev–Trinajstić information content (AvgIpc) is 1.85. The Hall–Kier alpha value is -0.710. The van der Waals surface area contributed by atoms with Crippen LogP contribution < -0.4 is 5.56 Å². The van der Waals surface area contributed by atoms with Crippen LogP contribution in [-0.4, -0.2) is 4.98 Å². The summed E-state index contributed by atoms with van der Waals surface area (Å²) >= 11 is 2.94. The molecule has 11 heavy (non-hydrogen) atoms. The van der Waals surface area contributed by atoms with E-state index < -0.39 is 17.5 Å². The molecular formula is C6H4BrF2NO. The molecule has 1 aromatic rings. The molecule has 0 saturated heterocycles. The van der Waals surface area contributed by atoms with Gasteiger partial charge in [-0.2, -0.15) is 0 Å². The van der Waals surface area contributed by atoms with E-state index in [1.54, 1.807) is 0 Å². The molecule has 0 saturated carbocycles. The number of alkyl halides is 2. The van der Waals surface area contributed by atoms with Crippen molar-refractivity contribution in [2.24, 2.45) is 0 Å². The van der Waals surface area contributed by atoms with Crippen molar-refractivity contribution >= 4 is 15.9 Å².